The number of hydrogen-bond acceptors (Lipinski definition) is 3. The summed E-state index contributed by atoms with van der Waals surface area (Å²) in [6, 6.07) is 0.624. The topological polar surface area (TPSA) is 24.9 Å². The van der Waals surface area contributed by atoms with Gasteiger partial charge in [-0.15, -0.1) is 11.3 Å². The second-order valence-electron chi connectivity index (χ2n) is 5.13. The van der Waals surface area contributed by atoms with E-state index in [1.807, 2.05) is 6.20 Å². The molecule has 0 radical (unpaired) electrons. The summed E-state index contributed by atoms with van der Waals surface area (Å²) < 4.78 is 0. The Labute approximate surface area is 109 Å². The van der Waals surface area contributed by atoms with Gasteiger partial charge >= 0.3 is 0 Å². The molecule has 0 saturated heterocycles. The molecule has 1 N–H and O–H groups in total. The van der Waals surface area contributed by atoms with Gasteiger partial charge in [0.15, 0.2) is 0 Å². The minimum Gasteiger partial charge on any atom is -0.316 e. The average Bonchev–Trinajstić information content (AvgIpc) is 2.79. The van der Waals surface area contributed by atoms with Gasteiger partial charge in [0, 0.05) is 24.0 Å². The minimum absolute atomic E-state index is 0.624. The van der Waals surface area contributed by atoms with Gasteiger partial charge in [0.05, 0.1) is 5.01 Å². The molecule has 0 spiro atoms. The largest absolute Gasteiger partial charge is 0.316 e. The molecule has 0 amide bonds. The first-order valence-electron chi connectivity index (χ1n) is 6.96. The lowest BCUT2D eigenvalue weighted by atomic mass is 9.84. The number of nitrogens with zero attached hydrogens (tertiary/aromatic N) is 1. The van der Waals surface area contributed by atoms with Gasteiger partial charge in [-0.05, 0) is 25.8 Å². The summed E-state index contributed by atoms with van der Waals surface area (Å²) in [5.41, 5.74) is 0. The fourth-order valence-corrected chi connectivity index (χ4v) is 3.61. The molecule has 1 atom stereocenters. The Balaban J connectivity index is 1.90. The molecule has 1 unspecified atom stereocenters. The van der Waals surface area contributed by atoms with Crippen molar-refractivity contribution in [1.29, 1.82) is 0 Å². The van der Waals surface area contributed by atoms with Crippen molar-refractivity contribution in [3.63, 3.8) is 0 Å². The molecule has 0 bridgehead atoms. The second kappa shape index (κ2) is 7.12. The Kier molecular flexibility index (Phi) is 5.46. The van der Waals surface area contributed by atoms with E-state index in [2.05, 4.69) is 22.7 Å². The SMILES string of the molecule is CNC(Cc1nccs1)C1CCCCCCC1. The van der Waals surface area contributed by atoms with E-state index < -0.39 is 0 Å². The van der Waals surface area contributed by atoms with Crippen molar-refractivity contribution in [2.45, 2.75) is 57.4 Å². The first-order valence-corrected chi connectivity index (χ1v) is 7.83. The normalized spacial score (nSPS) is 20.8. The molecular formula is C14H24N2S. The standard InChI is InChI=1S/C14H24N2S/c1-15-13(11-14-16-9-10-17-14)12-7-5-3-2-4-6-8-12/h9-10,12-13,15H,2-8,11H2,1H3. The highest BCUT2D eigenvalue weighted by atomic mass is 32.1. The van der Waals surface area contributed by atoms with Crippen LogP contribution in [0.5, 0.6) is 0 Å². The van der Waals surface area contributed by atoms with Gasteiger partial charge in [0.1, 0.15) is 0 Å². The molecule has 1 heterocycles. The van der Waals surface area contributed by atoms with Crippen LogP contribution in [0.4, 0.5) is 0 Å². The molecule has 96 valence electrons. The third-order valence-electron chi connectivity index (χ3n) is 3.97. The Morgan fingerprint density at radius 2 is 2.00 bits per heavy atom. The van der Waals surface area contributed by atoms with E-state index in [9.17, 15) is 0 Å². The maximum atomic E-state index is 4.42. The molecule has 0 aromatic carbocycles. The lowest BCUT2D eigenvalue weighted by molar-refractivity contribution is 0.293. The predicted molar refractivity (Wildman–Crippen MR) is 74.5 cm³/mol. The molecule has 1 saturated carbocycles. The van der Waals surface area contributed by atoms with E-state index in [4.69, 9.17) is 0 Å². The van der Waals surface area contributed by atoms with Crippen LogP contribution in [0.2, 0.25) is 0 Å². The summed E-state index contributed by atoms with van der Waals surface area (Å²) in [5, 5.41) is 6.89. The Bertz CT molecular complexity index is 289. The summed E-state index contributed by atoms with van der Waals surface area (Å²) in [4.78, 5) is 4.42. The molecule has 1 aliphatic rings. The number of thiazole rings is 1. The van der Waals surface area contributed by atoms with Crippen LogP contribution in [-0.2, 0) is 6.42 Å². The second-order valence-corrected chi connectivity index (χ2v) is 6.11. The van der Waals surface area contributed by atoms with Crippen LogP contribution in [0.1, 0.15) is 50.0 Å². The van der Waals surface area contributed by atoms with Gasteiger partial charge in [-0.2, -0.15) is 0 Å². The fourth-order valence-electron chi connectivity index (χ4n) is 2.94. The van der Waals surface area contributed by atoms with E-state index in [1.165, 1.54) is 50.0 Å². The monoisotopic (exact) mass is 252 g/mol. The molecular weight excluding hydrogens is 228 g/mol. The number of aromatic nitrogens is 1. The van der Waals surface area contributed by atoms with Crippen LogP contribution in [0.15, 0.2) is 11.6 Å². The van der Waals surface area contributed by atoms with E-state index in [1.54, 1.807) is 11.3 Å². The van der Waals surface area contributed by atoms with Crippen LogP contribution < -0.4 is 5.32 Å². The van der Waals surface area contributed by atoms with Crippen molar-refractivity contribution < 1.29 is 0 Å². The van der Waals surface area contributed by atoms with Crippen LogP contribution in [0.25, 0.3) is 0 Å². The summed E-state index contributed by atoms with van der Waals surface area (Å²) in [7, 11) is 2.11. The molecule has 17 heavy (non-hydrogen) atoms. The molecule has 0 aliphatic heterocycles. The molecule has 1 fully saturated rings. The highest BCUT2D eigenvalue weighted by Crippen LogP contribution is 2.26. The lowest BCUT2D eigenvalue weighted by Gasteiger charge is -2.28. The molecule has 3 heteroatoms. The maximum absolute atomic E-state index is 4.42. The highest BCUT2D eigenvalue weighted by Gasteiger charge is 2.21. The molecule has 2 rings (SSSR count). The summed E-state index contributed by atoms with van der Waals surface area (Å²) in [6.45, 7) is 0. The van der Waals surface area contributed by atoms with E-state index in [0.29, 0.717) is 6.04 Å². The third-order valence-corrected chi connectivity index (χ3v) is 4.77. The van der Waals surface area contributed by atoms with Crippen molar-refractivity contribution in [3.8, 4) is 0 Å². The van der Waals surface area contributed by atoms with E-state index in [0.717, 1.165) is 12.3 Å². The van der Waals surface area contributed by atoms with Crippen molar-refractivity contribution in [2.24, 2.45) is 5.92 Å². The summed E-state index contributed by atoms with van der Waals surface area (Å²) in [5.74, 6) is 0.851. The zero-order chi connectivity index (χ0) is 11.9. The lowest BCUT2D eigenvalue weighted by Crippen LogP contribution is -2.36. The van der Waals surface area contributed by atoms with E-state index in [-0.39, 0.29) is 0 Å². The smallest absolute Gasteiger partial charge is 0.0940 e. The Morgan fingerprint density at radius 1 is 1.29 bits per heavy atom. The molecule has 1 aromatic heterocycles. The first kappa shape index (κ1) is 13.0. The van der Waals surface area contributed by atoms with Gasteiger partial charge < -0.3 is 5.32 Å². The van der Waals surface area contributed by atoms with Crippen LogP contribution in [-0.4, -0.2) is 18.1 Å². The fraction of sp³-hybridized carbons (Fsp3) is 0.786. The van der Waals surface area contributed by atoms with Gasteiger partial charge in [0.2, 0.25) is 0 Å². The van der Waals surface area contributed by atoms with Crippen molar-refractivity contribution in [2.75, 3.05) is 7.05 Å². The summed E-state index contributed by atoms with van der Waals surface area (Å²) in [6.07, 6.45) is 13.0. The Morgan fingerprint density at radius 3 is 2.59 bits per heavy atom. The summed E-state index contributed by atoms with van der Waals surface area (Å²) >= 11 is 1.79. The average molecular weight is 252 g/mol. The number of hydrogen-bond donors (Lipinski definition) is 1. The first-order chi connectivity index (χ1) is 8.40. The van der Waals surface area contributed by atoms with Crippen LogP contribution >= 0.6 is 11.3 Å². The zero-order valence-corrected chi connectivity index (χ0v) is 11.6. The van der Waals surface area contributed by atoms with Crippen LogP contribution in [0, 0.1) is 5.92 Å². The van der Waals surface area contributed by atoms with Crippen LogP contribution in [0.3, 0.4) is 0 Å². The Hall–Kier alpha value is -0.410. The van der Waals surface area contributed by atoms with Gasteiger partial charge in [-0.25, -0.2) is 4.98 Å². The highest BCUT2D eigenvalue weighted by molar-refractivity contribution is 7.09. The van der Waals surface area contributed by atoms with E-state index >= 15 is 0 Å². The molecule has 2 nitrogen and oxygen atoms in total. The van der Waals surface area contributed by atoms with Crippen molar-refractivity contribution in [3.05, 3.63) is 16.6 Å². The predicted octanol–water partition coefficient (Wildman–Crippen LogP) is 3.63. The van der Waals surface area contributed by atoms with Crippen molar-refractivity contribution >= 4 is 11.3 Å². The van der Waals surface area contributed by atoms with Gasteiger partial charge in [0.25, 0.3) is 0 Å². The maximum Gasteiger partial charge on any atom is 0.0940 e. The zero-order valence-electron chi connectivity index (χ0n) is 10.8. The minimum atomic E-state index is 0.624. The molecule has 1 aliphatic carbocycles. The number of rotatable bonds is 4. The quantitative estimate of drug-likeness (QED) is 0.885. The number of nitrogens with one attached hydrogen (secondary N) is 1. The third kappa shape index (κ3) is 4.07. The molecule has 1 aromatic rings. The van der Waals surface area contributed by atoms with Gasteiger partial charge in [-0.1, -0.05) is 32.1 Å². The van der Waals surface area contributed by atoms with Gasteiger partial charge in [-0.3, -0.25) is 0 Å². The van der Waals surface area contributed by atoms with Crippen molar-refractivity contribution in [1.82, 2.24) is 10.3 Å². The number of likely N-dealkylation sites (N-methyl/N-ethyl adjacent to an activating group) is 1.